The van der Waals surface area contributed by atoms with Crippen LogP contribution < -0.4 is 15.4 Å². The molecule has 3 unspecified atom stereocenters. The molecule has 3 aromatic heterocycles. The van der Waals surface area contributed by atoms with E-state index < -0.39 is 0 Å². The molecule has 0 spiro atoms. The molecule has 10 nitrogen and oxygen atoms in total. The van der Waals surface area contributed by atoms with Crippen molar-refractivity contribution in [3.05, 3.63) is 36.3 Å². The van der Waals surface area contributed by atoms with Gasteiger partial charge in [-0.3, -0.25) is 10.1 Å². The Morgan fingerprint density at radius 3 is 2.94 bits per heavy atom. The molecule has 35 heavy (non-hydrogen) atoms. The minimum absolute atomic E-state index is 0.0580. The number of H-pyrrole nitrogens is 1. The van der Waals surface area contributed by atoms with Crippen molar-refractivity contribution in [2.24, 2.45) is 5.92 Å². The zero-order valence-electron chi connectivity index (χ0n) is 20.1. The van der Waals surface area contributed by atoms with E-state index in [1.807, 2.05) is 32.0 Å². The van der Waals surface area contributed by atoms with Gasteiger partial charge in [0.2, 0.25) is 0 Å². The summed E-state index contributed by atoms with van der Waals surface area (Å²) in [7, 11) is 0. The summed E-state index contributed by atoms with van der Waals surface area (Å²) in [5, 5.41) is 14.5. The van der Waals surface area contributed by atoms with Gasteiger partial charge in [0, 0.05) is 54.0 Å². The lowest BCUT2D eigenvalue weighted by Gasteiger charge is -2.14. The lowest BCUT2D eigenvalue weighted by atomic mass is 10.0. The van der Waals surface area contributed by atoms with Crippen LogP contribution in [0.3, 0.4) is 0 Å². The smallest absolute Gasteiger partial charge is 0.407 e. The van der Waals surface area contributed by atoms with Crippen molar-refractivity contribution in [2.75, 3.05) is 25.1 Å². The van der Waals surface area contributed by atoms with Crippen LogP contribution in [0.5, 0.6) is 5.75 Å². The Morgan fingerprint density at radius 2 is 2.11 bits per heavy atom. The van der Waals surface area contributed by atoms with Crippen LogP contribution in [0.1, 0.15) is 51.1 Å². The van der Waals surface area contributed by atoms with Gasteiger partial charge in [0.15, 0.2) is 11.6 Å². The number of nitrogens with one attached hydrogen (secondary N) is 3. The third-order valence-electron chi connectivity index (χ3n) is 6.47. The standard InChI is InChI=1S/C25H32N6O4/c1-15(2)28-25(32)35-18-4-3-17(11-18)20-12-22(31-30-20)29-24-23-19(5-8-27-24)21(6-9-26-23)34-14-16-7-10-33-13-16/h5-6,8-9,12,15-18H,3-4,7,10-11,13-14H2,1-2H3,(H,28,32)(H2,27,29,30,31). The number of rotatable bonds is 8. The highest BCUT2D eigenvalue weighted by Gasteiger charge is 2.30. The molecule has 0 radical (unpaired) electrons. The first kappa shape index (κ1) is 23.3. The summed E-state index contributed by atoms with van der Waals surface area (Å²) >= 11 is 0. The summed E-state index contributed by atoms with van der Waals surface area (Å²) < 4.78 is 17.1. The predicted molar refractivity (Wildman–Crippen MR) is 131 cm³/mol. The van der Waals surface area contributed by atoms with Gasteiger partial charge >= 0.3 is 6.09 Å². The number of anilines is 2. The van der Waals surface area contributed by atoms with Gasteiger partial charge in [-0.1, -0.05) is 0 Å². The predicted octanol–water partition coefficient (Wildman–Crippen LogP) is 4.28. The molecule has 1 saturated carbocycles. The van der Waals surface area contributed by atoms with Crippen molar-refractivity contribution >= 4 is 28.6 Å². The molecule has 3 aromatic rings. The van der Waals surface area contributed by atoms with Crippen molar-refractivity contribution in [2.45, 2.75) is 57.6 Å². The second kappa shape index (κ2) is 10.5. The molecule has 10 heteroatoms. The second-order valence-corrected chi connectivity index (χ2v) is 9.58. The first-order chi connectivity index (χ1) is 17.0. The number of aromatic amines is 1. The van der Waals surface area contributed by atoms with E-state index in [1.165, 1.54) is 0 Å². The molecule has 4 heterocycles. The van der Waals surface area contributed by atoms with Gasteiger partial charge in [-0.2, -0.15) is 5.10 Å². The van der Waals surface area contributed by atoms with Crippen LogP contribution in [-0.4, -0.2) is 58.2 Å². The average Bonchev–Trinajstić information content (AvgIpc) is 3.60. The Labute approximate surface area is 204 Å². The molecule has 1 saturated heterocycles. The minimum atomic E-state index is -0.355. The Morgan fingerprint density at radius 1 is 1.23 bits per heavy atom. The van der Waals surface area contributed by atoms with Gasteiger partial charge in [-0.25, -0.2) is 9.78 Å². The number of carbonyl (C=O) groups is 1. The Balaban J connectivity index is 1.24. The minimum Gasteiger partial charge on any atom is -0.492 e. The van der Waals surface area contributed by atoms with Gasteiger partial charge < -0.3 is 24.8 Å². The fraction of sp³-hybridized carbons (Fsp3) is 0.520. The summed E-state index contributed by atoms with van der Waals surface area (Å²) in [6.45, 7) is 6.00. The van der Waals surface area contributed by atoms with Gasteiger partial charge in [0.1, 0.15) is 17.4 Å². The number of pyridine rings is 2. The molecule has 2 fully saturated rings. The van der Waals surface area contributed by atoms with Crippen molar-refractivity contribution in [1.29, 1.82) is 0 Å². The third kappa shape index (κ3) is 5.64. The van der Waals surface area contributed by atoms with Crippen LogP contribution in [0.2, 0.25) is 0 Å². The maximum atomic E-state index is 11.9. The quantitative estimate of drug-likeness (QED) is 0.436. The summed E-state index contributed by atoms with van der Waals surface area (Å²) in [6, 6.07) is 5.84. The first-order valence-corrected chi connectivity index (χ1v) is 12.3. The number of hydrogen-bond acceptors (Lipinski definition) is 8. The molecule has 0 bridgehead atoms. The number of ether oxygens (including phenoxy) is 3. The molecule has 1 amide bonds. The number of hydrogen-bond donors (Lipinski definition) is 3. The normalized spacial score (nSPS) is 22.0. The average molecular weight is 481 g/mol. The fourth-order valence-electron chi connectivity index (χ4n) is 4.67. The molecule has 5 rings (SSSR count). The molecular formula is C25H32N6O4. The highest BCUT2D eigenvalue weighted by atomic mass is 16.6. The summed E-state index contributed by atoms with van der Waals surface area (Å²) in [4.78, 5) is 20.9. The van der Waals surface area contributed by atoms with Crippen LogP contribution in [-0.2, 0) is 9.47 Å². The number of fused-ring (bicyclic) bond motifs is 1. The van der Waals surface area contributed by atoms with Gasteiger partial charge in [-0.15, -0.1) is 0 Å². The molecule has 3 atom stereocenters. The topological polar surface area (TPSA) is 123 Å². The molecule has 186 valence electrons. The number of amides is 1. The van der Waals surface area contributed by atoms with E-state index in [0.717, 1.165) is 61.2 Å². The summed E-state index contributed by atoms with van der Waals surface area (Å²) in [6.07, 6.45) is 6.60. The molecular weight excluding hydrogens is 448 g/mol. The van der Waals surface area contributed by atoms with Crippen LogP contribution >= 0.6 is 0 Å². The largest absolute Gasteiger partial charge is 0.492 e. The number of nitrogens with zero attached hydrogens (tertiary/aromatic N) is 3. The van der Waals surface area contributed by atoms with E-state index in [9.17, 15) is 4.79 Å². The van der Waals surface area contributed by atoms with E-state index in [2.05, 4.69) is 30.8 Å². The Kier molecular flexibility index (Phi) is 6.98. The van der Waals surface area contributed by atoms with E-state index in [1.54, 1.807) is 12.4 Å². The van der Waals surface area contributed by atoms with Crippen molar-refractivity contribution in [3.8, 4) is 5.75 Å². The van der Waals surface area contributed by atoms with E-state index in [4.69, 9.17) is 14.2 Å². The lowest BCUT2D eigenvalue weighted by Crippen LogP contribution is -2.33. The van der Waals surface area contributed by atoms with E-state index in [0.29, 0.717) is 24.2 Å². The first-order valence-electron chi connectivity index (χ1n) is 12.3. The molecule has 0 aromatic carbocycles. The van der Waals surface area contributed by atoms with Crippen molar-refractivity contribution < 1.29 is 19.0 Å². The van der Waals surface area contributed by atoms with Gasteiger partial charge in [-0.05, 0) is 51.7 Å². The number of carbonyl (C=O) groups excluding carboxylic acids is 1. The van der Waals surface area contributed by atoms with Crippen LogP contribution in [0.15, 0.2) is 30.6 Å². The van der Waals surface area contributed by atoms with Gasteiger partial charge in [0.05, 0.1) is 13.2 Å². The summed E-state index contributed by atoms with van der Waals surface area (Å²) in [5.41, 5.74) is 1.74. The summed E-state index contributed by atoms with van der Waals surface area (Å²) in [5.74, 6) is 2.75. The SMILES string of the molecule is CC(C)NC(=O)OC1CCC(c2cc(Nc3nccc4c(OCC5CCOC5)ccnc34)n[nH]2)C1. The van der Waals surface area contributed by atoms with Crippen LogP contribution in [0, 0.1) is 5.92 Å². The van der Waals surface area contributed by atoms with Crippen molar-refractivity contribution in [3.63, 3.8) is 0 Å². The highest BCUT2D eigenvalue weighted by molar-refractivity contribution is 5.93. The van der Waals surface area contributed by atoms with Crippen molar-refractivity contribution in [1.82, 2.24) is 25.5 Å². The fourth-order valence-corrected chi connectivity index (χ4v) is 4.67. The third-order valence-corrected chi connectivity index (χ3v) is 6.47. The molecule has 3 N–H and O–H groups in total. The number of alkyl carbamates (subject to hydrolysis) is 1. The van der Waals surface area contributed by atoms with Crippen LogP contribution in [0.4, 0.5) is 16.4 Å². The number of aromatic nitrogens is 4. The monoisotopic (exact) mass is 480 g/mol. The maximum Gasteiger partial charge on any atom is 0.407 e. The lowest BCUT2D eigenvalue weighted by molar-refractivity contribution is 0.0981. The van der Waals surface area contributed by atoms with Crippen LogP contribution in [0.25, 0.3) is 10.9 Å². The Bertz CT molecular complexity index is 1160. The Hall–Kier alpha value is -3.40. The molecule has 1 aliphatic heterocycles. The second-order valence-electron chi connectivity index (χ2n) is 9.58. The molecule has 2 aliphatic rings. The molecule has 1 aliphatic carbocycles. The highest BCUT2D eigenvalue weighted by Crippen LogP contribution is 2.36. The van der Waals surface area contributed by atoms with E-state index in [-0.39, 0.29) is 24.2 Å². The van der Waals surface area contributed by atoms with E-state index >= 15 is 0 Å². The zero-order valence-corrected chi connectivity index (χ0v) is 20.1. The maximum absolute atomic E-state index is 11.9. The van der Waals surface area contributed by atoms with Gasteiger partial charge in [0.25, 0.3) is 0 Å². The zero-order chi connectivity index (χ0) is 24.2.